The summed E-state index contributed by atoms with van der Waals surface area (Å²) in [4.78, 5) is 37.6. The number of rotatable bonds is 7. The number of pyridine rings is 1. The highest BCUT2D eigenvalue weighted by atomic mass is 19.1. The third-order valence-corrected chi connectivity index (χ3v) is 10.4. The molecule has 3 aromatic rings. The number of benzene rings is 1. The summed E-state index contributed by atoms with van der Waals surface area (Å²) in [7, 11) is 1.87. The molecule has 8 nitrogen and oxygen atoms in total. The molecule has 2 aliphatic heterocycles. The van der Waals surface area contributed by atoms with Crippen LogP contribution in [0.5, 0.6) is 5.75 Å². The number of amides is 1. The van der Waals surface area contributed by atoms with Crippen LogP contribution in [-0.2, 0) is 23.0 Å². The Balaban J connectivity index is 1.39. The Morgan fingerprint density at radius 3 is 2.43 bits per heavy atom. The summed E-state index contributed by atoms with van der Waals surface area (Å²) in [6.07, 6.45) is 9.18. The Kier molecular flexibility index (Phi) is 8.28. The van der Waals surface area contributed by atoms with Gasteiger partial charge in [-0.3, -0.25) is 14.5 Å². The molecule has 249 valence electrons. The minimum atomic E-state index is -0.968. The maximum Gasteiger partial charge on any atom is 0.270 e. The van der Waals surface area contributed by atoms with Crippen molar-refractivity contribution in [1.29, 1.82) is 0 Å². The lowest BCUT2D eigenvalue weighted by atomic mass is 9.85. The lowest BCUT2D eigenvalue weighted by molar-refractivity contribution is -0.136. The predicted molar refractivity (Wildman–Crippen MR) is 180 cm³/mol. The van der Waals surface area contributed by atoms with Crippen LogP contribution in [0.25, 0.3) is 22.2 Å². The van der Waals surface area contributed by atoms with Gasteiger partial charge in [-0.15, -0.1) is 0 Å². The third-order valence-electron chi connectivity index (χ3n) is 10.4. The number of hydrogen-bond acceptors (Lipinski definition) is 6. The van der Waals surface area contributed by atoms with Gasteiger partial charge in [-0.05, 0) is 83.6 Å². The second-order valence-corrected chi connectivity index (χ2v) is 14.6. The van der Waals surface area contributed by atoms with E-state index in [1.807, 2.05) is 57.2 Å². The molecule has 4 heterocycles. The van der Waals surface area contributed by atoms with Gasteiger partial charge < -0.3 is 18.9 Å². The average Bonchev–Trinajstić information content (AvgIpc) is 3.66. The monoisotopic (exact) mass is 641 g/mol. The van der Waals surface area contributed by atoms with E-state index in [4.69, 9.17) is 14.5 Å². The highest BCUT2D eigenvalue weighted by Crippen LogP contribution is 2.46. The first-order valence-corrected chi connectivity index (χ1v) is 17.2. The minimum absolute atomic E-state index is 0.0419. The van der Waals surface area contributed by atoms with Crippen molar-refractivity contribution in [2.45, 2.75) is 90.9 Å². The molecule has 47 heavy (non-hydrogen) atoms. The third kappa shape index (κ3) is 5.90. The topological polar surface area (TPSA) is 76.9 Å². The van der Waals surface area contributed by atoms with Crippen molar-refractivity contribution in [3.63, 3.8) is 0 Å². The second kappa shape index (κ2) is 12.2. The number of hydrogen-bond donors (Lipinski definition) is 0. The molecule has 2 aliphatic carbocycles. The summed E-state index contributed by atoms with van der Waals surface area (Å²) in [6.45, 7) is 13.2. The van der Waals surface area contributed by atoms with Crippen LogP contribution in [0.4, 0.5) is 4.39 Å². The first-order chi connectivity index (χ1) is 22.4. The Labute approximate surface area is 276 Å². The van der Waals surface area contributed by atoms with Gasteiger partial charge >= 0.3 is 0 Å². The van der Waals surface area contributed by atoms with Crippen LogP contribution in [0.3, 0.4) is 0 Å². The average molecular weight is 642 g/mol. The van der Waals surface area contributed by atoms with Crippen LogP contribution in [0.1, 0.15) is 91.9 Å². The number of carbonyl (C=O) groups is 2. The molecule has 9 heteroatoms. The van der Waals surface area contributed by atoms with E-state index in [2.05, 4.69) is 4.90 Å². The predicted octanol–water partition coefficient (Wildman–Crippen LogP) is 6.59. The van der Waals surface area contributed by atoms with Crippen molar-refractivity contribution in [3.8, 4) is 16.9 Å². The fourth-order valence-electron chi connectivity index (χ4n) is 7.87. The van der Waals surface area contributed by atoms with Crippen molar-refractivity contribution in [3.05, 3.63) is 64.1 Å². The van der Waals surface area contributed by atoms with Crippen LogP contribution in [-0.4, -0.2) is 75.5 Å². The van der Waals surface area contributed by atoms with E-state index in [9.17, 15) is 9.59 Å². The van der Waals surface area contributed by atoms with Gasteiger partial charge in [0, 0.05) is 79.0 Å². The van der Waals surface area contributed by atoms with Crippen molar-refractivity contribution < 1.29 is 23.5 Å². The zero-order valence-corrected chi connectivity index (χ0v) is 28.5. The van der Waals surface area contributed by atoms with E-state index >= 15 is 4.39 Å². The molecule has 2 fully saturated rings. The molecule has 0 bridgehead atoms. The van der Waals surface area contributed by atoms with Gasteiger partial charge in [-0.1, -0.05) is 18.9 Å². The Morgan fingerprint density at radius 1 is 1.06 bits per heavy atom. The molecule has 0 spiro atoms. The largest absolute Gasteiger partial charge is 0.490 e. The second-order valence-electron chi connectivity index (χ2n) is 14.6. The van der Waals surface area contributed by atoms with E-state index in [1.54, 1.807) is 12.5 Å². The molecule has 1 radical (unpaired) electrons. The van der Waals surface area contributed by atoms with Crippen molar-refractivity contribution in [2.75, 3.05) is 32.8 Å². The van der Waals surface area contributed by atoms with E-state index in [-0.39, 0.29) is 11.7 Å². The number of aromatic nitrogens is 2. The molecular weight excluding hydrogens is 595 g/mol. The number of Topliss-reactive ketones (excluding diaryl/α,β-unsaturated/α-hetero) is 1. The van der Waals surface area contributed by atoms with Crippen LogP contribution in [0.15, 0.2) is 23.8 Å². The smallest absolute Gasteiger partial charge is 0.270 e. The Morgan fingerprint density at radius 2 is 1.77 bits per heavy atom. The number of allylic oxidation sites excluding steroid dienone is 1. The number of ether oxygens (including phenoxy) is 2. The lowest BCUT2D eigenvalue weighted by Crippen LogP contribution is -2.51. The Hall–Kier alpha value is -3.56. The van der Waals surface area contributed by atoms with Gasteiger partial charge in [0.15, 0.2) is 17.3 Å². The minimum Gasteiger partial charge on any atom is -0.490 e. The van der Waals surface area contributed by atoms with Crippen LogP contribution in [0, 0.1) is 26.1 Å². The quantitative estimate of drug-likeness (QED) is 0.290. The summed E-state index contributed by atoms with van der Waals surface area (Å²) in [6, 6.07) is 4.05. The maximum atomic E-state index is 15.9. The summed E-state index contributed by atoms with van der Waals surface area (Å²) in [5.74, 6) is -0.325. The molecule has 1 saturated heterocycles. The molecule has 2 aromatic heterocycles. The molecule has 0 unspecified atom stereocenters. The number of nitrogens with zero attached hydrogens (tertiary/aromatic N) is 4. The van der Waals surface area contributed by atoms with Gasteiger partial charge in [-0.2, -0.15) is 0 Å². The highest BCUT2D eigenvalue weighted by molar-refractivity contribution is 6.09. The Bertz CT molecular complexity index is 1790. The molecule has 1 saturated carbocycles. The first-order valence-electron chi connectivity index (χ1n) is 17.2. The first kappa shape index (κ1) is 32.0. The zero-order valence-electron chi connectivity index (χ0n) is 28.5. The highest BCUT2D eigenvalue weighted by Gasteiger charge is 2.38. The van der Waals surface area contributed by atoms with E-state index < -0.39 is 17.5 Å². The fraction of sp³-hybridized carbons (Fsp3) is 0.526. The van der Waals surface area contributed by atoms with Crippen LogP contribution < -0.4 is 4.74 Å². The van der Waals surface area contributed by atoms with E-state index in [0.717, 1.165) is 30.6 Å². The molecule has 1 aromatic carbocycles. The number of halogens is 1. The standard InChI is InChI=1S/C38H46FN4O4/c1-22-26-12-9-19-46-34(26)29(39)20-27(22)32-28-21-30(37(45)43-17-15-42(16-18-43)25-10-7-8-11-25)41(6)36(28)40-23(2)31(32)35(47-38(3,4)5)33(44)24-13-14-24/h13-14,20-21,25,35H,7-12,15-19H2,1-6H3/t35-/m0/s1. The van der Waals surface area contributed by atoms with Crippen molar-refractivity contribution in [2.24, 2.45) is 7.05 Å². The fourth-order valence-corrected chi connectivity index (χ4v) is 7.87. The molecular formula is C38H46FN4O4. The van der Waals surface area contributed by atoms with E-state index in [0.29, 0.717) is 82.6 Å². The maximum absolute atomic E-state index is 15.9. The molecule has 1 atom stereocenters. The summed E-state index contributed by atoms with van der Waals surface area (Å²) in [5.41, 5.74) is 5.38. The summed E-state index contributed by atoms with van der Waals surface area (Å²) >= 11 is 0. The number of carbonyl (C=O) groups excluding carboxylic acids is 2. The van der Waals surface area contributed by atoms with Gasteiger partial charge in [-0.25, -0.2) is 9.37 Å². The summed E-state index contributed by atoms with van der Waals surface area (Å²) < 4.78 is 30.1. The van der Waals surface area contributed by atoms with Crippen molar-refractivity contribution in [1.82, 2.24) is 19.4 Å². The van der Waals surface area contributed by atoms with Gasteiger partial charge in [0.05, 0.1) is 12.2 Å². The number of ketones is 1. The lowest BCUT2D eigenvalue weighted by Gasteiger charge is -2.38. The van der Waals surface area contributed by atoms with Crippen LogP contribution in [0.2, 0.25) is 0 Å². The number of piperazine rings is 1. The SMILES string of the molecule is Cc1nc2c(cc(C(=O)N3CCN(C4CCCC4)CC3)n2C)c(-c2cc(F)c3c(c2C)CCCO3)c1[C@H](OC(C)(C)C)C(=O)C1=C[CH]1. The zero-order chi connectivity index (χ0) is 33.2. The van der Waals surface area contributed by atoms with E-state index in [1.165, 1.54) is 31.7 Å². The normalized spacial score (nSPS) is 19.5. The van der Waals surface area contributed by atoms with Gasteiger partial charge in [0.1, 0.15) is 17.4 Å². The number of fused-ring (bicyclic) bond motifs is 2. The van der Waals surface area contributed by atoms with Gasteiger partial charge in [0.25, 0.3) is 5.91 Å². The molecule has 4 aliphatic rings. The van der Waals surface area contributed by atoms with Gasteiger partial charge in [0.2, 0.25) is 0 Å². The van der Waals surface area contributed by atoms with Crippen LogP contribution >= 0.6 is 0 Å². The molecule has 1 amide bonds. The molecule has 7 rings (SSSR count). The van der Waals surface area contributed by atoms with Crippen molar-refractivity contribution >= 4 is 22.7 Å². The molecule has 0 N–H and O–H groups in total. The number of aryl methyl sites for hydroxylation is 2. The summed E-state index contributed by atoms with van der Waals surface area (Å²) in [5, 5.41) is 0.698.